The van der Waals surface area contributed by atoms with Gasteiger partial charge in [-0.15, -0.1) is 0 Å². The molecule has 1 aromatic carbocycles. The molecule has 6 nitrogen and oxygen atoms in total. The lowest BCUT2D eigenvalue weighted by Crippen LogP contribution is -2.43. The number of alkyl carbamates (subject to hydrolysis) is 1. The van der Waals surface area contributed by atoms with E-state index in [1.165, 1.54) is 0 Å². The molecule has 0 bridgehead atoms. The molecule has 144 valence electrons. The average molecular weight is 362 g/mol. The largest absolute Gasteiger partial charge is 0.461 e. The first-order chi connectivity index (χ1) is 12.2. The number of carbonyl (C=O) groups excluding carboxylic acids is 2. The number of rotatable bonds is 6. The molecule has 1 aliphatic heterocycles. The topological polar surface area (TPSA) is 67.9 Å². The van der Waals surface area contributed by atoms with Gasteiger partial charge in [0.2, 0.25) is 0 Å². The minimum Gasteiger partial charge on any atom is -0.461 e. The second kappa shape index (κ2) is 9.03. The van der Waals surface area contributed by atoms with E-state index in [9.17, 15) is 9.59 Å². The minimum atomic E-state index is -0.509. The van der Waals surface area contributed by atoms with E-state index in [0.717, 1.165) is 18.5 Å². The summed E-state index contributed by atoms with van der Waals surface area (Å²) in [5.41, 5.74) is 0.483. The summed E-state index contributed by atoms with van der Waals surface area (Å²) in [6.07, 6.45) is 0.371. The van der Waals surface area contributed by atoms with Crippen LogP contribution in [0.5, 0.6) is 0 Å². The quantitative estimate of drug-likeness (QED) is 0.788. The number of nitrogens with zero attached hydrogens (tertiary/aromatic N) is 1. The van der Waals surface area contributed by atoms with Crippen LogP contribution in [0, 0.1) is 5.92 Å². The summed E-state index contributed by atoms with van der Waals surface area (Å²) in [6, 6.07) is 9.63. The second-order valence-electron chi connectivity index (χ2n) is 7.89. The van der Waals surface area contributed by atoms with Crippen LogP contribution in [-0.4, -0.2) is 48.2 Å². The molecule has 0 saturated carbocycles. The van der Waals surface area contributed by atoms with Crippen LogP contribution in [-0.2, 0) is 20.9 Å². The number of ether oxygens (including phenoxy) is 2. The number of benzene rings is 1. The minimum absolute atomic E-state index is 0.0519. The maximum atomic E-state index is 12.2. The third-order valence-corrected chi connectivity index (χ3v) is 4.12. The molecule has 0 spiro atoms. The third kappa shape index (κ3) is 7.04. The van der Waals surface area contributed by atoms with E-state index in [2.05, 4.69) is 10.2 Å². The Bertz CT molecular complexity index is 598. The molecule has 26 heavy (non-hydrogen) atoms. The van der Waals surface area contributed by atoms with E-state index in [-0.39, 0.29) is 17.9 Å². The van der Waals surface area contributed by atoms with E-state index in [4.69, 9.17) is 9.47 Å². The zero-order valence-electron chi connectivity index (χ0n) is 16.2. The van der Waals surface area contributed by atoms with Gasteiger partial charge < -0.3 is 19.7 Å². The number of hydrogen-bond acceptors (Lipinski definition) is 5. The van der Waals surface area contributed by atoms with Crippen molar-refractivity contribution in [2.75, 3.05) is 19.6 Å². The normalized spacial score (nSPS) is 19.0. The summed E-state index contributed by atoms with van der Waals surface area (Å²) in [4.78, 5) is 26.2. The maximum Gasteiger partial charge on any atom is 0.407 e. The molecule has 1 aromatic rings. The lowest BCUT2D eigenvalue weighted by molar-refractivity contribution is -0.149. The van der Waals surface area contributed by atoms with Gasteiger partial charge in [0.05, 0.1) is 5.92 Å². The van der Waals surface area contributed by atoms with E-state index >= 15 is 0 Å². The predicted molar refractivity (Wildman–Crippen MR) is 99.6 cm³/mol. The molecule has 2 atom stereocenters. The van der Waals surface area contributed by atoms with Crippen LogP contribution in [0.25, 0.3) is 0 Å². The van der Waals surface area contributed by atoms with Crippen molar-refractivity contribution in [1.82, 2.24) is 10.2 Å². The molecule has 1 saturated heterocycles. The number of nitrogens with one attached hydrogen (secondary N) is 1. The highest BCUT2D eigenvalue weighted by Crippen LogP contribution is 2.18. The molecule has 1 unspecified atom stereocenters. The molecule has 0 aromatic heterocycles. The highest BCUT2D eigenvalue weighted by Gasteiger charge is 2.30. The molecule has 6 heteroatoms. The van der Waals surface area contributed by atoms with Crippen molar-refractivity contribution in [2.24, 2.45) is 5.92 Å². The van der Waals surface area contributed by atoms with Crippen LogP contribution in [0.1, 0.15) is 39.7 Å². The number of esters is 1. The Morgan fingerprint density at radius 3 is 2.62 bits per heavy atom. The average Bonchev–Trinajstić information content (AvgIpc) is 3.00. The van der Waals surface area contributed by atoms with Gasteiger partial charge in [0.1, 0.15) is 12.2 Å². The highest BCUT2D eigenvalue weighted by molar-refractivity contribution is 5.73. The number of likely N-dealkylation sites (tertiary alicyclic amines) is 1. The standard InChI is InChI=1S/C20H30N2O4/c1-15(21-19(24)26-20(2,3)4)12-22-11-10-17(13-22)18(23)25-14-16-8-6-5-7-9-16/h5-9,15,17H,10-14H2,1-4H3,(H,21,24)/t15-,17?/m0/s1. The van der Waals surface area contributed by atoms with Crippen LogP contribution >= 0.6 is 0 Å². The summed E-state index contributed by atoms with van der Waals surface area (Å²) < 4.78 is 10.7. The van der Waals surface area contributed by atoms with Crippen LogP contribution < -0.4 is 5.32 Å². The zero-order chi connectivity index (χ0) is 19.2. The summed E-state index contributed by atoms with van der Waals surface area (Å²) in [5.74, 6) is -0.253. The van der Waals surface area contributed by atoms with Gasteiger partial charge in [-0.25, -0.2) is 4.79 Å². The molecule has 1 aliphatic rings. The Morgan fingerprint density at radius 1 is 1.27 bits per heavy atom. The van der Waals surface area contributed by atoms with Gasteiger partial charge in [-0.1, -0.05) is 30.3 Å². The van der Waals surface area contributed by atoms with Gasteiger partial charge in [0.15, 0.2) is 0 Å². The number of carbonyl (C=O) groups is 2. The fourth-order valence-corrected chi connectivity index (χ4v) is 2.98. The van der Waals surface area contributed by atoms with Crippen molar-refractivity contribution < 1.29 is 19.1 Å². The Labute approximate surface area is 155 Å². The summed E-state index contributed by atoms with van der Waals surface area (Å²) in [5, 5.41) is 2.84. The molecule has 1 heterocycles. The second-order valence-corrected chi connectivity index (χ2v) is 7.89. The lowest BCUT2D eigenvalue weighted by atomic mass is 10.1. The molecular formula is C20H30N2O4. The Kier molecular flexibility index (Phi) is 7.03. The SMILES string of the molecule is C[C@@H](CN1CCC(C(=O)OCc2ccccc2)C1)NC(=O)OC(C)(C)C. The first kappa shape index (κ1) is 20.2. The summed E-state index contributed by atoms with van der Waals surface area (Å²) in [7, 11) is 0. The fraction of sp³-hybridized carbons (Fsp3) is 0.600. The van der Waals surface area contributed by atoms with Crippen LogP contribution in [0.2, 0.25) is 0 Å². The van der Waals surface area contributed by atoms with Crippen LogP contribution in [0.15, 0.2) is 30.3 Å². The van der Waals surface area contributed by atoms with Crippen molar-refractivity contribution >= 4 is 12.1 Å². The molecule has 1 N–H and O–H groups in total. The first-order valence-electron chi connectivity index (χ1n) is 9.15. The van der Waals surface area contributed by atoms with Crippen molar-refractivity contribution in [3.8, 4) is 0 Å². The third-order valence-electron chi connectivity index (χ3n) is 4.12. The smallest absolute Gasteiger partial charge is 0.407 e. The molecule has 2 rings (SSSR count). The molecular weight excluding hydrogens is 332 g/mol. The van der Waals surface area contributed by atoms with Crippen molar-refractivity contribution in [3.63, 3.8) is 0 Å². The Balaban J connectivity index is 1.70. The van der Waals surface area contributed by atoms with Crippen LogP contribution in [0.4, 0.5) is 4.79 Å². The van der Waals surface area contributed by atoms with Gasteiger partial charge in [-0.05, 0) is 46.2 Å². The van der Waals surface area contributed by atoms with Gasteiger partial charge in [-0.2, -0.15) is 0 Å². The Hall–Kier alpha value is -2.08. The van der Waals surface area contributed by atoms with E-state index in [1.807, 2.05) is 58.0 Å². The fourth-order valence-electron chi connectivity index (χ4n) is 2.98. The van der Waals surface area contributed by atoms with Crippen molar-refractivity contribution in [2.45, 2.75) is 52.4 Å². The monoisotopic (exact) mass is 362 g/mol. The molecule has 0 aliphatic carbocycles. The van der Waals surface area contributed by atoms with Gasteiger partial charge in [-0.3, -0.25) is 4.79 Å². The molecule has 0 radical (unpaired) electrons. The van der Waals surface area contributed by atoms with Gasteiger partial charge in [0.25, 0.3) is 0 Å². The van der Waals surface area contributed by atoms with Crippen LogP contribution in [0.3, 0.4) is 0 Å². The lowest BCUT2D eigenvalue weighted by Gasteiger charge is -2.24. The Morgan fingerprint density at radius 2 is 1.96 bits per heavy atom. The van der Waals surface area contributed by atoms with Gasteiger partial charge in [0, 0.05) is 19.1 Å². The van der Waals surface area contributed by atoms with Gasteiger partial charge >= 0.3 is 12.1 Å². The summed E-state index contributed by atoms with van der Waals surface area (Å²) in [6.45, 7) is 9.93. The predicted octanol–water partition coefficient (Wildman–Crippen LogP) is 2.96. The van der Waals surface area contributed by atoms with E-state index < -0.39 is 11.7 Å². The van der Waals surface area contributed by atoms with Crippen molar-refractivity contribution in [3.05, 3.63) is 35.9 Å². The molecule has 1 fully saturated rings. The van der Waals surface area contributed by atoms with E-state index in [1.54, 1.807) is 0 Å². The maximum absolute atomic E-state index is 12.2. The summed E-state index contributed by atoms with van der Waals surface area (Å²) >= 11 is 0. The first-order valence-corrected chi connectivity index (χ1v) is 9.15. The zero-order valence-corrected chi connectivity index (χ0v) is 16.2. The molecule has 1 amide bonds. The number of hydrogen-bond donors (Lipinski definition) is 1. The van der Waals surface area contributed by atoms with E-state index in [0.29, 0.717) is 19.7 Å². The highest BCUT2D eigenvalue weighted by atomic mass is 16.6. The number of amides is 1. The van der Waals surface area contributed by atoms with Crippen molar-refractivity contribution in [1.29, 1.82) is 0 Å².